The van der Waals surface area contributed by atoms with Crippen molar-refractivity contribution in [3.8, 4) is 10.6 Å². The SMILES string of the molecule is C[C@@H]1CN(c2cc(F)c(-c3ncc(C(=O)NCC4CC4)s3)cc2NC(=O)C2C=NC(=O)C=C2C(F)(F)F)C[C@H](C)N1C. The van der Waals surface area contributed by atoms with E-state index in [4.69, 9.17) is 0 Å². The van der Waals surface area contributed by atoms with Crippen LogP contribution >= 0.6 is 11.3 Å². The van der Waals surface area contributed by atoms with Crippen LogP contribution in [0.3, 0.4) is 0 Å². The summed E-state index contributed by atoms with van der Waals surface area (Å²) in [6.45, 7) is 5.48. The first-order valence-electron chi connectivity index (χ1n) is 13.5. The van der Waals surface area contributed by atoms with E-state index < -0.39 is 35.3 Å². The zero-order valence-corrected chi connectivity index (χ0v) is 24.0. The number of aliphatic imine (C=N–C) groups is 1. The number of nitrogens with zero attached hydrogens (tertiary/aromatic N) is 4. The number of benzene rings is 1. The van der Waals surface area contributed by atoms with Gasteiger partial charge in [-0.2, -0.15) is 13.2 Å². The van der Waals surface area contributed by atoms with E-state index in [1.165, 1.54) is 18.3 Å². The van der Waals surface area contributed by atoms with Crippen molar-refractivity contribution in [2.45, 2.75) is 44.9 Å². The van der Waals surface area contributed by atoms with Gasteiger partial charge in [-0.3, -0.25) is 19.3 Å². The van der Waals surface area contributed by atoms with Gasteiger partial charge in [-0.05, 0) is 45.7 Å². The molecule has 5 rings (SSSR count). The van der Waals surface area contributed by atoms with Crippen LogP contribution in [-0.4, -0.2) is 78.8 Å². The highest BCUT2D eigenvalue weighted by Crippen LogP contribution is 2.39. The number of hydrogen-bond donors (Lipinski definition) is 2. The van der Waals surface area contributed by atoms with Crippen LogP contribution in [0.15, 0.2) is 35.0 Å². The van der Waals surface area contributed by atoms with Crippen LogP contribution in [0, 0.1) is 17.7 Å². The second kappa shape index (κ2) is 11.6. The maximum Gasteiger partial charge on any atom is 0.414 e. The van der Waals surface area contributed by atoms with Crippen LogP contribution in [-0.2, 0) is 9.59 Å². The number of amides is 3. The summed E-state index contributed by atoms with van der Waals surface area (Å²) >= 11 is 0.970. The van der Waals surface area contributed by atoms with Crippen molar-refractivity contribution in [1.29, 1.82) is 0 Å². The van der Waals surface area contributed by atoms with E-state index in [0.717, 1.165) is 24.2 Å². The van der Waals surface area contributed by atoms with Gasteiger partial charge in [-0.15, -0.1) is 11.3 Å². The summed E-state index contributed by atoms with van der Waals surface area (Å²) in [6, 6.07) is 2.67. The molecule has 14 heteroatoms. The Morgan fingerprint density at radius 3 is 2.48 bits per heavy atom. The molecule has 1 unspecified atom stereocenters. The summed E-state index contributed by atoms with van der Waals surface area (Å²) in [6.07, 6.45) is -0.509. The molecule has 42 heavy (non-hydrogen) atoms. The van der Waals surface area contributed by atoms with Crippen LogP contribution < -0.4 is 15.5 Å². The van der Waals surface area contributed by atoms with E-state index in [-0.39, 0.29) is 44.8 Å². The van der Waals surface area contributed by atoms with Gasteiger partial charge < -0.3 is 15.5 Å². The Morgan fingerprint density at radius 1 is 1.14 bits per heavy atom. The highest BCUT2D eigenvalue weighted by Gasteiger charge is 2.43. The molecule has 0 radical (unpaired) electrons. The molecule has 3 amide bonds. The number of rotatable bonds is 7. The molecule has 1 aromatic carbocycles. The van der Waals surface area contributed by atoms with Gasteiger partial charge in [0.05, 0.1) is 23.1 Å². The van der Waals surface area contributed by atoms with E-state index in [2.05, 4.69) is 25.5 Å². The van der Waals surface area contributed by atoms with Crippen molar-refractivity contribution in [1.82, 2.24) is 15.2 Å². The number of anilines is 2. The third-order valence-corrected chi connectivity index (χ3v) is 8.86. The number of thiazole rings is 1. The molecule has 2 aliphatic heterocycles. The first-order chi connectivity index (χ1) is 19.8. The predicted molar refractivity (Wildman–Crippen MR) is 151 cm³/mol. The first kappa shape index (κ1) is 29.8. The Balaban J connectivity index is 1.49. The molecule has 2 fully saturated rings. The molecule has 224 valence electrons. The average Bonchev–Trinajstić information content (AvgIpc) is 3.63. The van der Waals surface area contributed by atoms with Crippen LogP contribution in [0.25, 0.3) is 10.6 Å². The number of likely N-dealkylation sites (N-methyl/N-ethyl adjacent to an activating group) is 1. The van der Waals surface area contributed by atoms with E-state index in [9.17, 15) is 27.6 Å². The molecular formula is C28H30F4N6O3S. The lowest BCUT2D eigenvalue weighted by atomic mass is 9.95. The first-order valence-corrected chi connectivity index (χ1v) is 14.4. The largest absolute Gasteiger partial charge is 0.414 e. The Labute approximate surface area is 243 Å². The maximum absolute atomic E-state index is 15.7. The summed E-state index contributed by atoms with van der Waals surface area (Å²) in [7, 11) is 1.97. The number of alkyl halides is 3. The average molecular weight is 607 g/mol. The van der Waals surface area contributed by atoms with Gasteiger partial charge >= 0.3 is 6.18 Å². The number of piperazine rings is 1. The molecule has 9 nitrogen and oxygen atoms in total. The van der Waals surface area contributed by atoms with Crippen LogP contribution in [0.4, 0.5) is 28.9 Å². The Morgan fingerprint density at radius 2 is 1.83 bits per heavy atom. The maximum atomic E-state index is 15.7. The Bertz CT molecular complexity index is 1460. The number of carbonyl (C=O) groups is 3. The van der Waals surface area contributed by atoms with Crippen LogP contribution in [0.2, 0.25) is 0 Å². The van der Waals surface area contributed by atoms with Gasteiger partial charge in [0.2, 0.25) is 5.91 Å². The number of halogens is 4. The van der Waals surface area contributed by atoms with Crippen molar-refractivity contribution in [3.63, 3.8) is 0 Å². The summed E-state index contributed by atoms with van der Waals surface area (Å²) in [5, 5.41) is 5.54. The third kappa shape index (κ3) is 6.38. The summed E-state index contributed by atoms with van der Waals surface area (Å²) in [4.78, 5) is 49.3. The second-order valence-corrected chi connectivity index (χ2v) is 12.0. The minimum atomic E-state index is -4.94. The lowest BCUT2D eigenvalue weighted by Gasteiger charge is -2.44. The molecule has 1 aromatic heterocycles. The van der Waals surface area contributed by atoms with E-state index in [1.807, 2.05) is 25.8 Å². The molecule has 1 saturated carbocycles. The molecule has 1 aliphatic carbocycles. The molecule has 2 N–H and O–H groups in total. The highest BCUT2D eigenvalue weighted by atomic mass is 32.1. The zero-order chi connectivity index (χ0) is 30.3. The van der Waals surface area contributed by atoms with Gasteiger partial charge in [0.25, 0.3) is 11.8 Å². The Kier molecular flexibility index (Phi) is 8.21. The van der Waals surface area contributed by atoms with Crippen molar-refractivity contribution >= 4 is 46.6 Å². The minimum Gasteiger partial charge on any atom is -0.367 e. The predicted octanol–water partition coefficient (Wildman–Crippen LogP) is 4.27. The minimum absolute atomic E-state index is 0.0189. The molecule has 3 heterocycles. The summed E-state index contributed by atoms with van der Waals surface area (Å²) in [5.41, 5.74) is -0.999. The van der Waals surface area contributed by atoms with Crippen LogP contribution in [0.5, 0.6) is 0 Å². The number of nitrogens with one attached hydrogen (secondary N) is 2. The van der Waals surface area contributed by atoms with Gasteiger partial charge in [0.1, 0.15) is 21.6 Å². The van der Waals surface area contributed by atoms with E-state index in [1.54, 1.807) is 0 Å². The quantitative estimate of drug-likeness (QED) is 0.456. The van der Waals surface area contributed by atoms with Gasteiger partial charge in [0, 0.05) is 55.6 Å². The topological polar surface area (TPSA) is 107 Å². The number of dihydropyridines is 1. The summed E-state index contributed by atoms with van der Waals surface area (Å²) < 4.78 is 56.8. The van der Waals surface area contributed by atoms with Gasteiger partial charge in [-0.1, -0.05) is 0 Å². The molecule has 1 saturated heterocycles. The molecule has 2 aromatic rings. The fourth-order valence-electron chi connectivity index (χ4n) is 5.01. The Hall–Kier alpha value is -3.65. The molecular weight excluding hydrogens is 576 g/mol. The number of aromatic nitrogens is 1. The molecule has 0 spiro atoms. The van der Waals surface area contributed by atoms with Crippen molar-refractivity contribution in [2.75, 3.05) is 36.9 Å². The highest BCUT2D eigenvalue weighted by molar-refractivity contribution is 7.16. The number of hydrogen-bond acceptors (Lipinski definition) is 7. The fourth-order valence-corrected chi connectivity index (χ4v) is 5.86. The van der Waals surface area contributed by atoms with Gasteiger partial charge in [0.15, 0.2) is 0 Å². The normalized spacial score (nSPS) is 23.1. The van der Waals surface area contributed by atoms with Crippen molar-refractivity contribution in [3.05, 3.63) is 40.7 Å². The lowest BCUT2D eigenvalue weighted by Crippen LogP contribution is -2.55. The van der Waals surface area contributed by atoms with E-state index >= 15 is 4.39 Å². The second-order valence-electron chi connectivity index (χ2n) is 11.0. The third-order valence-electron chi connectivity index (χ3n) is 7.83. The lowest BCUT2D eigenvalue weighted by molar-refractivity contribution is -0.124. The molecule has 0 bridgehead atoms. The van der Waals surface area contributed by atoms with E-state index in [0.29, 0.717) is 37.8 Å². The smallest absolute Gasteiger partial charge is 0.367 e. The zero-order valence-electron chi connectivity index (χ0n) is 23.2. The molecule has 3 aliphatic rings. The summed E-state index contributed by atoms with van der Waals surface area (Å²) in [5.74, 6) is -4.59. The van der Waals surface area contributed by atoms with Crippen LogP contribution in [0.1, 0.15) is 36.4 Å². The molecule has 3 atom stereocenters. The van der Waals surface area contributed by atoms with Crippen molar-refractivity contribution in [2.24, 2.45) is 16.8 Å². The standard InChI is InChI=1S/C28H30F4N6O3S/c1-14-12-38(13-15(2)37(14)3)22-8-20(29)17(27-35-11-23(42-27)26(41)34-9-16-4-5-16)6-21(22)36-25(40)18-10-33-24(39)7-19(18)28(30,31)32/h6-8,10-11,14-16,18H,4-5,9,12-13H2,1-3H3,(H,34,41)(H,36,40)/t14-,15+,18?. The fraction of sp³-hybridized carbons (Fsp3) is 0.464. The van der Waals surface area contributed by atoms with Crippen molar-refractivity contribution < 1.29 is 31.9 Å². The number of carbonyl (C=O) groups excluding carboxylic acids is 3. The van der Waals surface area contributed by atoms with Gasteiger partial charge in [-0.25, -0.2) is 14.4 Å². The monoisotopic (exact) mass is 606 g/mol.